The molecule has 0 radical (unpaired) electrons. The van der Waals surface area contributed by atoms with Gasteiger partial charge < -0.3 is 10.1 Å². The second kappa shape index (κ2) is 9.47. The summed E-state index contributed by atoms with van der Waals surface area (Å²) in [6, 6.07) is 9.34. The zero-order valence-corrected chi connectivity index (χ0v) is 18.3. The van der Waals surface area contributed by atoms with Crippen LogP contribution >= 0.6 is 23.2 Å². The van der Waals surface area contributed by atoms with Crippen LogP contribution in [-0.2, 0) is 19.6 Å². The van der Waals surface area contributed by atoms with Crippen LogP contribution < -0.4 is 9.62 Å². The highest BCUT2D eigenvalue weighted by molar-refractivity contribution is 7.92. The fraction of sp³-hybridized carbons (Fsp3) is 0.263. The average molecular weight is 459 g/mol. The van der Waals surface area contributed by atoms with Crippen molar-refractivity contribution in [2.75, 3.05) is 22.5 Å². The molecule has 0 unspecified atom stereocenters. The molecule has 10 heteroatoms. The molecule has 0 saturated carbocycles. The van der Waals surface area contributed by atoms with Crippen LogP contribution in [0.25, 0.3) is 0 Å². The molecule has 2 aromatic carbocycles. The van der Waals surface area contributed by atoms with E-state index in [0.29, 0.717) is 16.4 Å². The molecule has 1 amide bonds. The number of amides is 1. The van der Waals surface area contributed by atoms with Crippen molar-refractivity contribution in [1.82, 2.24) is 0 Å². The topological polar surface area (TPSA) is 92.8 Å². The van der Waals surface area contributed by atoms with Gasteiger partial charge in [0, 0.05) is 10.7 Å². The Balaban J connectivity index is 2.25. The van der Waals surface area contributed by atoms with Gasteiger partial charge in [-0.3, -0.25) is 9.10 Å². The average Bonchev–Trinajstić information content (AvgIpc) is 2.62. The highest BCUT2D eigenvalue weighted by Gasteiger charge is 2.29. The second-order valence-electron chi connectivity index (χ2n) is 6.12. The lowest BCUT2D eigenvalue weighted by Gasteiger charge is -2.28. The molecule has 0 saturated heterocycles. The molecule has 0 heterocycles. The molecular formula is C19H20Cl2N2O5S. The summed E-state index contributed by atoms with van der Waals surface area (Å²) in [5.41, 5.74) is 0.776. The third-order valence-electron chi connectivity index (χ3n) is 3.90. The number of halogens is 2. The number of anilines is 2. The van der Waals surface area contributed by atoms with Crippen molar-refractivity contribution in [1.29, 1.82) is 0 Å². The number of ether oxygens (including phenoxy) is 1. The smallest absolute Gasteiger partial charge is 0.339 e. The highest BCUT2D eigenvalue weighted by atomic mass is 35.5. The molecule has 0 aliphatic heterocycles. The van der Waals surface area contributed by atoms with E-state index in [1.807, 2.05) is 0 Å². The normalized spacial score (nSPS) is 12.2. The van der Waals surface area contributed by atoms with Gasteiger partial charge in [-0.25, -0.2) is 13.2 Å². The highest BCUT2D eigenvalue weighted by Crippen LogP contribution is 2.25. The summed E-state index contributed by atoms with van der Waals surface area (Å²) in [6.45, 7) is 3.34. The van der Waals surface area contributed by atoms with E-state index in [4.69, 9.17) is 27.9 Å². The van der Waals surface area contributed by atoms with E-state index in [-0.39, 0.29) is 17.2 Å². The van der Waals surface area contributed by atoms with Crippen molar-refractivity contribution >= 4 is 56.5 Å². The Morgan fingerprint density at radius 1 is 1.14 bits per heavy atom. The van der Waals surface area contributed by atoms with Crippen LogP contribution in [0.15, 0.2) is 42.5 Å². The molecule has 0 aliphatic carbocycles. The lowest BCUT2D eigenvalue weighted by atomic mass is 10.2. The van der Waals surface area contributed by atoms with Crippen LogP contribution in [0.4, 0.5) is 11.4 Å². The third kappa shape index (κ3) is 5.85. The summed E-state index contributed by atoms with van der Waals surface area (Å²) in [5.74, 6) is -1.15. The minimum absolute atomic E-state index is 0.103. The fourth-order valence-electron chi connectivity index (χ4n) is 2.61. The van der Waals surface area contributed by atoms with E-state index in [1.165, 1.54) is 49.4 Å². The molecule has 7 nitrogen and oxygen atoms in total. The van der Waals surface area contributed by atoms with Crippen molar-refractivity contribution in [3.63, 3.8) is 0 Å². The summed E-state index contributed by atoms with van der Waals surface area (Å²) in [4.78, 5) is 24.5. The van der Waals surface area contributed by atoms with Crippen molar-refractivity contribution in [2.24, 2.45) is 0 Å². The van der Waals surface area contributed by atoms with Gasteiger partial charge in [-0.1, -0.05) is 23.2 Å². The quantitative estimate of drug-likeness (QED) is 0.633. The van der Waals surface area contributed by atoms with Crippen molar-refractivity contribution in [3.8, 4) is 0 Å². The lowest BCUT2D eigenvalue weighted by molar-refractivity contribution is -0.116. The molecule has 2 aromatic rings. The van der Waals surface area contributed by atoms with Crippen molar-refractivity contribution < 1.29 is 22.7 Å². The van der Waals surface area contributed by atoms with Gasteiger partial charge in [0.2, 0.25) is 15.9 Å². The Hall–Kier alpha value is -2.29. The lowest BCUT2D eigenvalue weighted by Crippen LogP contribution is -2.45. The first kappa shape index (κ1) is 23.0. The van der Waals surface area contributed by atoms with Gasteiger partial charge >= 0.3 is 5.97 Å². The standard InChI is InChI=1S/C19H20Cl2N2O5S/c1-4-28-19(25)16-10-7-14(11-17(16)21)22-18(24)12(2)23(29(3,26)27)15-8-5-13(20)6-9-15/h5-12H,4H2,1-3H3,(H,22,24)/t12-/m1/s1. The van der Waals surface area contributed by atoms with Gasteiger partial charge in [-0.15, -0.1) is 0 Å². The van der Waals surface area contributed by atoms with Gasteiger partial charge in [0.1, 0.15) is 6.04 Å². The minimum Gasteiger partial charge on any atom is -0.462 e. The molecule has 0 spiro atoms. The largest absolute Gasteiger partial charge is 0.462 e. The molecule has 1 atom stereocenters. The van der Waals surface area contributed by atoms with Crippen LogP contribution in [0.1, 0.15) is 24.2 Å². The third-order valence-corrected chi connectivity index (χ3v) is 5.71. The van der Waals surface area contributed by atoms with Gasteiger partial charge in [0.05, 0.1) is 29.1 Å². The zero-order chi connectivity index (χ0) is 21.8. The molecule has 2 rings (SSSR count). The summed E-state index contributed by atoms with van der Waals surface area (Å²) < 4.78 is 30.5. The second-order valence-corrected chi connectivity index (χ2v) is 8.82. The van der Waals surface area contributed by atoms with E-state index in [1.54, 1.807) is 6.92 Å². The molecule has 29 heavy (non-hydrogen) atoms. The monoisotopic (exact) mass is 458 g/mol. The zero-order valence-electron chi connectivity index (χ0n) is 16.0. The minimum atomic E-state index is -3.76. The van der Waals surface area contributed by atoms with Crippen LogP contribution in [0.3, 0.4) is 0 Å². The van der Waals surface area contributed by atoms with Crippen molar-refractivity contribution in [3.05, 3.63) is 58.1 Å². The first-order valence-corrected chi connectivity index (χ1v) is 11.2. The van der Waals surface area contributed by atoms with E-state index in [0.717, 1.165) is 10.6 Å². The number of carbonyl (C=O) groups excluding carboxylic acids is 2. The molecular weight excluding hydrogens is 439 g/mol. The van der Waals surface area contributed by atoms with Crippen LogP contribution in [0.5, 0.6) is 0 Å². The van der Waals surface area contributed by atoms with E-state index < -0.39 is 27.9 Å². The maximum atomic E-state index is 12.7. The van der Waals surface area contributed by atoms with Gasteiger partial charge in [0.25, 0.3) is 0 Å². The number of nitrogens with zero attached hydrogens (tertiary/aromatic N) is 1. The Morgan fingerprint density at radius 2 is 1.76 bits per heavy atom. The number of hydrogen-bond donors (Lipinski definition) is 1. The Morgan fingerprint density at radius 3 is 2.28 bits per heavy atom. The van der Waals surface area contributed by atoms with Crippen LogP contribution in [0, 0.1) is 0 Å². The van der Waals surface area contributed by atoms with Crippen molar-refractivity contribution in [2.45, 2.75) is 19.9 Å². The molecule has 0 aromatic heterocycles. The summed E-state index contributed by atoms with van der Waals surface area (Å²) in [5, 5.41) is 3.15. The first-order chi connectivity index (χ1) is 13.5. The number of esters is 1. The van der Waals surface area contributed by atoms with Gasteiger partial charge in [0.15, 0.2) is 0 Å². The van der Waals surface area contributed by atoms with E-state index >= 15 is 0 Å². The van der Waals surface area contributed by atoms with Crippen LogP contribution in [-0.4, -0.2) is 39.2 Å². The number of carbonyl (C=O) groups is 2. The predicted octanol–water partition coefficient (Wildman–Crippen LogP) is 3.96. The molecule has 0 fully saturated rings. The number of benzene rings is 2. The Bertz CT molecular complexity index is 1010. The number of nitrogens with one attached hydrogen (secondary N) is 1. The molecule has 156 valence electrons. The fourth-order valence-corrected chi connectivity index (χ4v) is 4.17. The van der Waals surface area contributed by atoms with E-state index in [2.05, 4.69) is 5.32 Å². The molecule has 0 bridgehead atoms. The maximum absolute atomic E-state index is 12.7. The van der Waals surface area contributed by atoms with Gasteiger partial charge in [-0.2, -0.15) is 0 Å². The summed E-state index contributed by atoms with van der Waals surface area (Å²) >= 11 is 12.0. The first-order valence-electron chi connectivity index (χ1n) is 8.57. The molecule has 0 aliphatic rings. The summed E-state index contributed by atoms with van der Waals surface area (Å²) in [7, 11) is -3.76. The number of rotatable bonds is 7. The Labute approximate surface area is 179 Å². The number of hydrogen-bond acceptors (Lipinski definition) is 5. The van der Waals surface area contributed by atoms with Crippen LogP contribution in [0.2, 0.25) is 10.0 Å². The predicted molar refractivity (Wildman–Crippen MR) is 114 cm³/mol. The van der Waals surface area contributed by atoms with E-state index in [9.17, 15) is 18.0 Å². The van der Waals surface area contributed by atoms with Gasteiger partial charge in [-0.05, 0) is 56.3 Å². The Kier molecular flexibility index (Phi) is 7.51. The molecule has 1 N–H and O–H groups in total. The maximum Gasteiger partial charge on any atom is 0.339 e. The summed E-state index contributed by atoms with van der Waals surface area (Å²) in [6.07, 6.45) is 1.01. The number of sulfonamides is 1. The SMILES string of the molecule is CCOC(=O)c1ccc(NC(=O)[C@@H](C)N(c2ccc(Cl)cc2)S(C)(=O)=O)cc1Cl.